The van der Waals surface area contributed by atoms with Gasteiger partial charge in [-0.05, 0) is 75.0 Å². The molecule has 0 saturated heterocycles. The van der Waals surface area contributed by atoms with E-state index in [1.54, 1.807) is 26.2 Å². The lowest BCUT2D eigenvalue weighted by molar-refractivity contribution is 0.101. The molecule has 0 saturated carbocycles. The van der Waals surface area contributed by atoms with Crippen molar-refractivity contribution in [2.45, 2.75) is 27.3 Å². The van der Waals surface area contributed by atoms with Crippen LogP contribution in [0.3, 0.4) is 0 Å². The van der Waals surface area contributed by atoms with Crippen LogP contribution in [0.15, 0.2) is 48.5 Å². The molecule has 0 radical (unpaired) electrons. The minimum absolute atomic E-state index is 0.0342. The van der Waals surface area contributed by atoms with E-state index in [-0.39, 0.29) is 5.78 Å². The van der Waals surface area contributed by atoms with E-state index >= 15 is 0 Å². The Bertz CT molecular complexity index is 1040. The van der Waals surface area contributed by atoms with Gasteiger partial charge in [-0.1, -0.05) is 12.1 Å². The van der Waals surface area contributed by atoms with Gasteiger partial charge in [0.15, 0.2) is 10.9 Å². The van der Waals surface area contributed by atoms with Crippen molar-refractivity contribution < 1.29 is 9.53 Å². The molecule has 0 spiro atoms. The van der Waals surface area contributed by atoms with E-state index in [2.05, 4.69) is 15.7 Å². The van der Waals surface area contributed by atoms with Crippen LogP contribution in [0.25, 0.3) is 0 Å². The Balaban J connectivity index is 1.70. The van der Waals surface area contributed by atoms with E-state index in [1.165, 1.54) is 0 Å². The Hall–Kier alpha value is -3.19. The molecule has 7 heteroatoms. The number of nitrogens with one attached hydrogen (secondary N) is 2. The molecule has 1 aromatic heterocycles. The minimum atomic E-state index is 0.0342. The fraction of sp³-hybridized carbons (Fsp3) is 0.227. The number of carbonyl (C=O) groups is 1. The van der Waals surface area contributed by atoms with Crippen molar-refractivity contribution in [3.63, 3.8) is 0 Å². The molecule has 1 heterocycles. The zero-order chi connectivity index (χ0) is 21.0. The van der Waals surface area contributed by atoms with Crippen LogP contribution in [0.2, 0.25) is 0 Å². The van der Waals surface area contributed by atoms with E-state index < -0.39 is 0 Å². The van der Waals surface area contributed by atoms with Crippen molar-refractivity contribution in [1.82, 2.24) is 9.78 Å². The highest BCUT2D eigenvalue weighted by Gasteiger charge is 2.13. The molecule has 0 amide bonds. The second-order valence-electron chi connectivity index (χ2n) is 6.77. The molecule has 2 N–H and O–H groups in total. The number of ketones is 1. The monoisotopic (exact) mass is 408 g/mol. The van der Waals surface area contributed by atoms with Gasteiger partial charge in [0.1, 0.15) is 5.75 Å². The van der Waals surface area contributed by atoms with Gasteiger partial charge in [-0.2, -0.15) is 5.10 Å². The summed E-state index contributed by atoms with van der Waals surface area (Å²) >= 11 is 5.45. The Morgan fingerprint density at radius 2 is 1.86 bits per heavy atom. The molecule has 6 nitrogen and oxygen atoms in total. The number of anilines is 2. The summed E-state index contributed by atoms with van der Waals surface area (Å²) in [6.45, 7) is 6.13. The van der Waals surface area contributed by atoms with Crippen LogP contribution in [-0.2, 0) is 6.54 Å². The SMILES string of the molecule is COc1cccc(Cn2nc(C)c(NC(=S)Nc3ccc(C(C)=O)cc3)c2C)c1. The number of nitrogens with zero attached hydrogens (tertiary/aromatic N) is 2. The molecule has 0 aliphatic carbocycles. The van der Waals surface area contributed by atoms with E-state index in [1.807, 2.05) is 54.9 Å². The summed E-state index contributed by atoms with van der Waals surface area (Å²) in [5.41, 5.74) is 5.31. The van der Waals surface area contributed by atoms with Crippen LogP contribution >= 0.6 is 12.2 Å². The maximum Gasteiger partial charge on any atom is 0.175 e. The van der Waals surface area contributed by atoms with Crippen LogP contribution in [-0.4, -0.2) is 27.8 Å². The van der Waals surface area contributed by atoms with Crippen molar-refractivity contribution >= 4 is 34.5 Å². The number of rotatable bonds is 6. The topological polar surface area (TPSA) is 68.2 Å². The minimum Gasteiger partial charge on any atom is -0.497 e. The number of thiocarbonyl (C=S) groups is 1. The fourth-order valence-electron chi connectivity index (χ4n) is 3.04. The molecular formula is C22H24N4O2S. The Labute approximate surface area is 175 Å². The molecule has 2 aromatic carbocycles. The summed E-state index contributed by atoms with van der Waals surface area (Å²) in [4.78, 5) is 11.4. The zero-order valence-electron chi connectivity index (χ0n) is 16.9. The van der Waals surface area contributed by atoms with Gasteiger partial charge in [0.25, 0.3) is 0 Å². The summed E-state index contributed by atoms with van der Waals surface area (Å²) < 4.78 is 7.24. The van der Waals surface area contributed by atoms with Gasteiger partial charge in [0.05, 0.1) is 30.7 Å². The number of hydrogen-bond acceptors (Lipinski definition) is 4. The molecule has 0 bridgehead atoms. The van der Waals surface area contributed by atoms with E-state index in [0.717, 1.165) is 34.1 Å². The smallest absolute Gasteiger partial charge is 0.175 e. The van der Waals surface area contributed by atoms with Gasteiger partial charge in [-0.3, -0.25) is 9.48 Å². The van der Waals surface area contributed by atoms with E-state index in [9.17, 15) is 4.79 Å². The van der Waals surface area contributed by atoms with Crippen LogP contribution in [0.1, 0.15) is 34.2 Å². The lowest BCUT2D eigenvalue weighted by Gasteiger charge is -2.12. The predicted octanol–water partition coefficient (Wildman–Crippen LogP) is 4.57. The second-order valence-corrected chi connectivity index (χ2v) is 7.18. The van der Waals surface area contributed by atoms with Crippen LogP contribution in [0.4, 0.5) is 11.4 Å². The molecule has 150 valence electrons. The number of Topliss-reactive ketones (excluding diaryl/α,β-unsaturated/α-hetero) is 1. The predicted molar refractivity (Wildman–Crippen MR) is 120 cm³/mol. The van der Waals surface area contributed by atoms with Gasteiger partial charge in [0, 0.05) is 11.3 Å². The molecule has 0 aliphatic rings. The lowest BCUT2D eigenvalue weighted by atomic mass is 10.1. The third kappa shape index (κ3) is 5.00. The van der Waals surface area contributed by atoms with Crippen LogP contribution in [0, 0.1) is 13.8 Å². The quantitative estimate of drug-likeness (QED) is 0.460. The highest BCUT2D eigenvalue weighted by Crippen LogP contribution is 2.22. The van der Waals surface area contributed by atoms with Gasteiger partial charge < -0.3 is 15.4 Å². The summed E-state index contributed by atoms with van der Waals surface area (Å²) in [5, 5.41) is 11.5. The lowest BCUT2D eigenvalue weighted by Crippen LogP contribution is -2.20. The zero-order valence-corrected chi connectivity index (χ0v) is 17.8. The number of aromatic nitrogens is 2. The maximum atomic E-state index is 11.4. The van der Waals surface area contributed by atoms with Crippen LogP contribution < -0.4 is 15.4 Å². The van der Waals surface area contributed by atoms with Crippen molar-refractivity contribution in [2.75, 3.05) is 17.7 Å². The van der Waals surface area contributed by atoms with Crippen LogP contribution in [0.5, 0.6) is 5.75 Å². The van der Waals surface area contributed by atoms with E-state index in [4.69, 9.17) is 17.0 Å². The number of ether oxygens (including phenoxy) is 1. The fourth-order valence-corrected chi connectivity index (χ4v) is 3.26. The Morgan fingerprint density at radius 1 is 1.14 bits per heavy atom. The van der Waals surface area contributed by atoms with Crippen molar-refractivity contribution in [3.8, 4) is 5.75 Å². The first-order valence-electron chi connectivity index (χ1n) is 9.23. The van der Waals surface area contributed by atoms with Gasteiger partial charge in [-0.25, -0.2) is 0 Å². The Morgan fingerprint density at radius 3 is 2.52 bits per heavy atom. The van der Waals surface area contributed by atoms with Crippen molar-refractivity contribution in [1.29, 1.82) is 0 Å². The van der Waals surface area contributed by atoms with Gasteiger partial charge >= 0.3 is 0 Å². The summed E-state index contributed by atoms with van der Waals surface area (Å²) in [7, 11) is 1.66. The number of carbonyl (C=O) groups excluding carboxylic acids is 1. The highest BCUT2D eigenvalue weighted by molar-refractivity contribution is 7.80. The molecular weight excluding hydrogens is 384 g/mol. The number of hydrogen-bond donors (Lipinski definition) is 2. The van der Waals surface area contributed by atoms with Gasteiger partial charge in [0.2, 0.25) is 0 Å². The molecule has 3 rings (SSSR count). The average molecular weight is 409 g/mol. The van der Waals surface area contributed by atoms with E-state index in [0.29, 0.717) is 17.2 Å². The summed E-state index contributed by atoms with van der Waals surface area (Å²) in [6, 6.07) is 15.1. The first-order valence-corrected chi connectivity index (χ1v) is 9.64. The number of aryl methyl sites for hydroxylation is 1. The third-order valence-corrected chi connectivity index (χ3v) is 4.84. The standard InChI is InChI=1S/C22H24N4O2S/c1-14-21(24-22(29)23-19-10-8-18(9-11-19)16(3)27)15(2)26(25-14)13-17-6-5-7-20(12-17)28-4/h5-12H,13H2,1-4H3,(H2,23,24,29). The number of methoxy groups -OCH3 is 1. The van der Waals surface area contributed by atoms with Gasteiger partial charge in [-0.15, -0.1) is 0 Å². The van der Waals surface area contributed by atoms with Crippen molar-refractivity contribution in [2.24, 2.45) is 0 Å². The van der Waals surface area contributed by atoms with Crippen molar-refractivity contribution in [3.05, 3.63) is 71.0 Å². The maximum absolute atomic E-state index is 11.4. The molecule has 29 heavy (non-hydrogen) atoms. The molecule has 0 fully saturated rings. The third-order valence-electron chi connectivity index (χ3n) is 4.64. The highest BCUT2D eigenvalue weighted by atomic mass is 32.1. The first-order chi connectivity index (χ1) is 13.9. The summed E-state index contributed by atoms with van der Waals surface area (Å²) in [5.74, 6) is 0.857. The first kappa shape index (κ1) is 20.5. The normalized spacial score (nSPS) is 10.5. The Kier molecular flexibility index (Phi) is 6.29. The number of benzene rings is 2. The summed E-state index contributed by atoms with van der Waals surface area (Å²) in [6.07, 6.45) is 0. The largest absolute Gasteiger partial charge is 0.497 e. The molecule has 0 aliphatic heterocycles. The average Bonchev–Trinajstić information content (AvgIpc) is 2.96. The molecule has 0 atom stereocenters. The second kappa shape index (κ2) is 8.87. The molecule has 3 aromatic rings. The molecule has 0 unspecified atom stereocenters.